The molecular weight excluding hydrogens is 300 g/mol. The number of amides is 1. The molecule has 1 rings (SSSR count). The van der Waals surface area contributed by atoms with E-state index in [-0.39, 0.29) is 18.5 Å². The highest BCUT2D eigenvalue weighted by Crippen LogP contribution is 2.16. The molecule has 0 saturated carbocycles. The van der Waals surface area contributed by atoms with Crippen LogP contribution < -0.4 is 16.0 Å². The summed E-state index contributed by atoms with van der Waals surface area (Å²) in [6.07, 6.45) is 0.930. The largest absolute Gasteiger partial charge is 0.383 e. The van der Waals surface area contributed by atoms with Gasteiger partial charge in [-0.05, 0) is 26.0 Å². The summed E-state index contributed by atoms with van der Waals surface area (Å²) in [5, 5.41) is 9.05. The highest BCUT2D eigenvalue weighted by molar-refractivity contribution is 7.11. The van der Waals surface area contributed by atoms with Crippen LogP contribution in [0, 0.1) is 6.92 Å². The lowest BCUT2D eigenvalue weighted by atomic mass is 10.2. The number of hydrogen-bond acceptors (Lipinski definition) is 4. The molecule has 1 atom stereocenters. The van der Waals surface area contributed by atoms with E-state index in [1.165, 1.54) is 9.75 Å². The van der Waals surface area contributed by atoms with Crippen molar-refractivity contribution in [2.24, 2.45) is 4.99 Å². The van der Waals surface area contributed by atoms with Crippen molar-refractivity contribution in [1.82, 2.24) is 16.0 Å². The first kappa shape index (κ1) is 18.4. The summed E-state index contributed by atoms with van der Waals surface area (Å²) in [5.74, 6) is 0.546. The lowest BCUT2D eigenvalue weighted by Gasteiger charge is -2.17. The molecule has 3 N–H and O–H groups in total. The predicted molar refractivity (Wildman–Crippen MR) is 91.6 cm³/mol. The van der Waals surface area contributed by atoms with Gasteiger partial charge in [-0.1, -0.05) is 0 Å². The predicted octanol–water partition coefficient (Wildman–Crippen LogP) is 0.915. The van der Waals surface area contributed by atoms with E-state index in [0.717, 1.165) is 6.42 Å². The molecule has 0 radical (unpaired) electrons. The smallest absolute Gasteiger partial charge is 0.239 e. The Labute approximate surface area is 136 Å². The normalized spacial score (nSPS) is 12.8. The molecule has 1 heterocycles. The Bertz CT molecular complexity index is 488. The number of carbonyl (C=O) groups is 1. The third-order valence-electron chi connectivity index (χ3n) is 2.95. The number of methoxy groups -OCH3 is 1. The second-order valence-electron chi connectivity index (χ2n) is 5.03. The molecule has 7 heteroatoms. The summed E-state index contributed by atoms with van der Waals surface area (Å²) < 4.78 is 4.88. The highest BCUT2D eigenvalue weighted by atomic mass is 32.1. The Morgan fingerprint density at radius 2 is 2.18 bits per heavy atom. The van der Waals surface area contributed by atoms with Crippen LogP contribution in [0.2, 0.25) is 0 Å². The van der Waals surface area contributed by atoms with E-state index >= 15 is 0 Å². The van der Waals surface area contributed by atoms with Crippen LogP contribution in [0.3, 0.4) is 0 Å². The Morgan fingerprint density at radius 1 is 1.41 bits per heavy atom. The first-order valence-corrected chi connectivity index (χ1v) is 8.15. The maximum atomic E-state index is 11.6. The van der Waals surface area contributed by atoms with E-state index in [2.05, 4.69) is 46.9 Å². The van der Waals surface area contributed by atoms with Gasteiger partial charge < -0.3 is 20.7 Å². The minimum absolute atomic E-state index is 0.0819. The van der Waals surface area contributed by atoms with Gasteiger partial charge in [0, 0.05) is 42.9 Å². The number of aliphatic imine (C=N–C) groups is 1. The molecule has 0 aliphatic rings. The first-order valence-electron chi connectivity index (χ1n) is 7.33. The van der Waals surface area contributed by atoms with Gasteiger partial charge in [0.2, 0.25) is 5.91 Å². The fourth-order valence-electron chi connectivity index (χ4n) is 1.89. The van der Waals surface area contributed by atoms with E-state index < -0.39 is 0 Å². The number of nitrogens with zero attached hydrogens (tertiary/aromatic N) is 1. The summed E-state index contributed by atoms with van der Waals surface area (Å²) in [7, 11) is 3.30. The SMILES string of the molecule is CN=C(NCC(=O)NCCOC)NC(C)Cc1ccc(C)s1. The second-order valence-corrected chi connectivity index (χ2v) is 6.40. The van der Waals surface area contributed by atoms with Crippen molar-refractivity contribution >= 4 is 23.2 Å². The molecule has 1 amide bonds. The Morgan fingerprint density at radius 3 is 2.77 bits per heavy atom. The van der Waals surface area contributed by atoms with Crippen molar-refractivity contribution < 1.29 is 9.53 Å². The average molecular weight is 326 g/mol. The van der Waals surface area contributed by atoms with Crippen molar-refractivity contribution in [3.63, 3.8) is 0 Å². The van der Waals surface area contributed by atoms with E-state index in [1.54, 1.807) is 25.5 Å². The zero-order valence-electron chi connectivity index (χ0n) is 13.7. The van der Waals surface area contributed by atoms with E-state index in [1.807, 2.05) is 0 Å². The first-order chi connectivity index (χ1) is 10.5. The molecule has 1 unspecified atom stereocenters. The van der Waals surface area contributed by atoms with Gasteiger partial charge in [0.25, 0.3) is 0 Å². The van der Waals surface area contributed by atoms with Gasteiger partial charge in [-0.3, -0.25) is 9.79 Å². The molecule has 0 aliphatic carbocycles. The van der Waals surface area contributed by atoms with E-state index in [0.29, 0.717) is 19.1 Å². The molecule has 0 saturated heterocycles. The molecule has 0 spiro atoms. The summed E-state index contributed by atoms with van der Waals surface area (Å²) in [5.41, 5.74) is 0. The maximum absolute atomic E-state index is 11.6. The molecule has 0 aromatic carbocycles. The fraction of sp³-hybridized carbons (Fsp3) is 0.600. The van der Waals surface area contributed by atoms with Gasteiger partial charge in [0.1, 0.15) is 0 Å². The van der Waals surface area contributed by atoms with Gasteiger partial charge in [0.15, 0.2) is 5.96 Å². The van der Waals surface area contributed by atoms with Crippen LogP contribution in [0.25, 0.3) is 0 Å². The molecule has 0 fully saturated rings. The third-order valence-corrected chi connectivity index (χ3v) is 3.98. The van der Waals surface area contributed by atoms with Crippen LogP contribution >= 0.6 is 11.3 Å². The molecular formula is C15H26N4O2S. The topological polar surface area (TPSA) is 74.8 Å². The number of rotatable bonds is 8. The number of hydrogen-bond donors (Lipinski definition) is 3. The third kappa shape index (κ3) is 7.42. The van der Waals surface area contributed by atoms with E-state index in [9.17, 15) is 4.79 Å². The van der Waals surface area contributed by atoms with Gasteiger partial charge in [-0.25, -0.2) is 0 Å². The number of ether oxygens (including phenoxy) is 1. The molecule has 0 aliphatic heterocycles. The molecule has 124 valence electrons. The molecule has 0 bridgehead atoms. The van der Waals surface area contributed by atoms with Crippen molar-refractivity contribution in [1.29, 1.82) is 0 Å². The Balaban J connectivity index is 2.30. The average Bonchev–Trinajstić information content (AvgIpc) is 2.88. The Kier molecular flexibility index (Phi) is 8.54. The fourth-order valence-corrected chi connectivity index (χ4v) is 2.91. The van der Waals surface area contributed by atoms with Crippen LogP contribution in [0.5, 0.6) is 0 Å². The minimum atomic E-state index is -0.0819. The van der Waals surface area contributed by atoms with Gasteiger partial charge in [-0.15, -0.1) is 11.3 Å². The van der Waals surface area contributed by atoms with Gasteiger partial charge >= 0.3 is 0 Å². The molecule has 6 nitrogen and oxygen atoms in total. The monoisotopic (exact) mass is 326 g/mol. The van der Waals surface area contributed by atoms with Crippen molar-refractivity contribution in [3.05, 3.63) is 21.9 Å². The summed E-state index contributed by atoms with van der Waals surface area (Å²) >= 11 is 1.80. The quantitative estimate of drug-likeness (QED) is 0.377. The summed E-state index contributed by atoms with van der Waals surface area (Å²) in [6, 6.07) is 4.52. The van der Waals surface area contributed by atoms with Gasteiger partial charge in [0.05, 0.1) is 13.2 Å². The van der Waals surface area contributed by atoms with Crippen molar-refractivity contribution in [2.45, 2.75) is 26.3 Å². The van der Waals surface area contributed by atoms with Crippen LogP contribution in [-0.4, -0.2) is 51.8 Å². The zero-order chi connectivity index (χ0) is 16.4. The lowest BCUT2D eigenvalue weighted by molar-refractivity contribution is -0.120. The highest BCUT2D eigenvalue weighted by Gasteiger charge is 2.09. The molecule has 1 aromatic rings. The van der Waals surface area contributed by atoms with Crippen LogP contribution in [0.15, 0.2) is 17.1 Å². The maximum Gasteiger partial charge on any atom is 0.239 e. The van der Waals surface area contributed by atoms with Crippen LogP contribution in [0.4, 0.5) is 0 Å². The van der Waals surface area contributed by atoms with Crippen LogP contribution in [-0.2, 0) is 16.0 Å². The standard InChI is InChI=1S/C15H26N4O2S/c1-11(9-13-6-5-12(2)22-13)19-15(16-3)18-10-14(20)17-7-8-21-4/h5-6,11H,7-10H2,1-4H3,(H,17,20)(H2,16,18,19). The van der Waals surface area contributed by atoms with Gasteiger partial charge in [-0.2, -0.15) is 0 Å². The number of guanidine groups is 1. The zero-order valence-corrected chi connectivity index (χ0v) is 14.5. The summed E-state index contributed by atoms with van der Waals surface area (Å²) in [6.45, 7) is 5.41. The number of nitrogens with one attached hydrogen (secondary N) is 3. The van der Waals surface area contributed by atoms with E-state index in [4.69, 9.17) is 4.74 Å². The lowest BCUT2D eigenvalue weighted by Crippen LogP contribution is -2.46. The summed E-state index contributed by atoms with van der Waals surface area (Å²) in [4.78, 5) is 18.4. The molecule has 22 heavy (non-hydrogen) atoms. The number of carbonyl (C=O) groups excluding carboxylic acids is 1. The Hall–Kier alpha value is -1.60. The van der Waals surface area contributed by atoms with Crippen molar-refractivity contribution in [2.75, 3.05) is 33.9 Å². The van der Waals surface area contributed by atoms with Crippen LogP contribution in [0.1, 0.15) is 16.7 Å². The molecule has 1 aromatic heterocycles. The number of aryl methyl sites for hydroxylation is 1. The van der Waals surface area contributed by atoms with Crippen molar-refractivity contribution in [3.8, 4) is 0 Å². The second kappa shape index (κ2) is 10.2. The number of thiophene rings is 1. The minimum Gasteiger partial charge on any atom is -0.383 e.